The van der Waals surface area contributed by atoms with Crippen LogP contribution >= 0.6 is 0 Å². The van der Waals surface area contributed by atoms with Gasteiger partial charge in [0.2, 0.25) is 0 Å². The molecule has 0 saturated heterocycles. The molecule has 0 amide bonds. The molecule has 0 aliphatic carbocycles. The van der Waals surface area contributed by atoms with E-state index < -0.39 is 17.7 Å². The molecule has 0 aromatic heterocycles. The van der Waals surface area contributed by atoms with E-state index in [9.17, 15) is 8.78 Å². The van der Waals surface area contributed by atoms with Crippen LogP contribution in [0.4, 0.5) is 8.78 Å². The largest absolute Gasteiger partial charge is 0.497 e. The van der Waals surface area contributed by atoms with Crippen molar-refractivity contribution in [3.8, 4) is 11.8 Å². The average molecular weight is 288 g/mol. The summed E-state index contributed by atoms with van der Waals surface area (Å²) < 4.78 is 32.4. The van der Waals surface area contributed by atoms with Crippen LogP contribution in [0.3, 0.4) is 0 Å². The van der Waals surface area contributed by atoms with E-state index in [0.717, 1.165) is 23.4 Å². The zero-order chi connectivity index (χ0) is 15.2. The van der Waals surface area contributed by atoms with Crippen LogP contribution in [0.1, 0.15) is 17.2 Å². The molecule has 0 spiro atoms. The van der Waals surface area contributed by atoms with E-state index in [1.54, 1.807) is 19.2 Å². The van der Waals surface area contributed by atoms with Crippen molar-refractivity contribution in [3.63, 3.8) is 0 Å². The van der Waals surface area contributed by atoms with Gasteiger partial charge in [-0.3, -0.25) is 5.32 Å². The average Bonchev–Trinajstić information content (AvgIpc) is 2.50. The monoisotopic (exact) mass is 288 g/mol. The maximum absolute atomic E-state index is 13.7. The molecule has 0 fully saturated rings. The van der Waals surface area contributed by atoms with Crippen LogP contribution in [0.5, 0.6) is 5.75 Å². The smallest absolute Gasteiger partial charge is 0.131 e. The Morgan fingerprint density at radius 3 is 2.29 bits per heavy atom. The van der Waals surface area contributed by atoms with Gasteiger partial charge in [-0.15, -0.1) is 0 Å². The molecule has 108 valence electrons. The maximum Gasteiger partial charge on any atom is 0.131 e. The topological polar surface area (TPSA) is 45.0 Å². The molecule has 2 aromatic rings. The molecule has 0 bridgehead atoms. The fourth-order valence-corrected chi connectivity index (χ4v) is 1.96. The van der Waals surface area contributed by atoms with E-state index in [0.29, 0.717) is 6.54 Å². The molecule has 2 aromatic carbocycles. The molecule has 0 heterocycles. The highest BCUT2D eigenvalue weighted by Crippen LogP contribution is 2.21. The molecule has 1 N–H and O–H groups in total. The standard InChI is InChI=1S/C16H14F2N2O/c1-21-12-7-5-11(6-8-12)10-20-15(9-19)16-13(17)3-2-4-14(16)18/h2-8,15,20H,10H2,1H3/t15-/m0/s1. The Morgan fingerprint density at radius 1 is 1.14 bits per heavy atom. The summed E-state index contributed by atoms with van der Waals surface area (Å²) in [4.78, 5) is 0. The minimum Gasteiger partial charge on any atom is -0.497 e. The Labute approximate surface area is 121 Å². The highest BCUT2D eigenvalue weighted by Gasteiger charge is 2.19. The Hall–Kier alpha value is -2.45. The van der Waals surface area contributed by atoms with Gasteiger partial charge in [0.15, 0.2) is 0 Å². The molecule has 0 aliphatic rings. The van der Waals surface area contributed by atoms with Crippen LogP contribution in [0.25, 0.3) is 0 Å². The normalized spacial score (nSPS) is 11.7. The fourth-order valence-electron chi connectivity index (χ4n) is 1.96. The summed E-state index contributed by atoms with van der Waals surface area (Å²) in [7, 11) is 1.57. The van der Waals surface area contributed by atoms with Crippen molar-refractivity contribution in [2.75, 3.05) is 7.11 Å². The summed E-state index contributed by atoms with van der Waals surface area (Å²) in [6.07, 6.45) is 0. The number of nitrogens with one attached hydrogen (secondary N) is 1. The molecule has 21 heavy (non-hydrogen) atoms. The lowest BCUT2D eigenvalue weighted by atomic mass is 10.1. The van der Waals surface area contributed by atoms with Crippen LogP contribution in [0.2, 0.25) is 0 Å². The summed E-state index contributed by atoms with van der Waals surface area (Å²) in [5.41, 5.74) is 0.626. The van der Waals surface area contributed by atoms with Crippen LogP contribution < -0.4 is 10.1 Å². The number of methoxy groups -OCH3 is 1. The molecule has 0 aliphatic heterocycles. The number of nitrogens with zero attached hydrogens (tertiary/aromatic N) is 1. The lowest BCUT2D eigenvalue weighted by Crippen LogP contribution is -2.21. The van der Waals surface area contributed by atoms with Crippen molar-refractivity contribution in [3.05, 3.63) is 65.2 Å². The number of rotatable bonds is 5. The summed E-state index contributed by atoms with van der Waals surface area (Å²) in [6.45, 7) is 0.315. The van der Waals surface area contributed by atoms with Gasteiger partial charge in [-0.2, -0.15) is 5.26 Å². The van der Waals surface area contributed by atoms with Crippen molar-refractivity contribution in [2.24, 2.45) is 0 Å². The van der Waals surface area contributed by atoms with Gasteiger partial charge >= 0.3 is 0 Å². The lowest BCUT2D eigenvalue weighted by molar-refractivity contribution is 0.414. The van der Waals surface area contributed by atoms with Crippen LogP contribution in [0, 0.1) is 23.0 Å². The second-order valence-corrected chi connectivity index (χ2v) is 4.43. The van der Waals surface area contributed by atoms with E-state index in [4.69, 9.17) is 10.00 Å². The first-order chi connectivity index (χ1) is 10.2. The van der Waals surface area contributed by atoms with E-state index in [1.807, 2.05) is 18.2 Å². The summed E-state index contributed by atoms with van der Waals surface area (Å²) in [5.74, 6) is -0.747. The molecule has 0 unspecified atom stereocenters. The van der Waals surface area contributed by atoms with Crippen molar-refractivity contribution in [1.82, 2.24) is 5.32 Å². The van der Waals surface area contributed by atoms with E-state index in [1.165, 1.54) is 6.07 Å². The first-order valence-corrected chi connectivity index (χ1v) is 6.35. The lowest BCUT2D eigenvalue weighted by Gasteiger charge is -2.13. The molecule has 5 heteroatoms. The van der Waals surface area contributed by atoms with Crippen molar-refractivity contribution in [1.29, 1.82) is 5.26 Å². The van der Waals surface area contributed by atoms with Gasteiger partial charge in [0, 0.05) is 6.54 Å². The Kier molecular flexibility index (Phi) is 4.85. The number of nitriles is 1. The molecule has 0 saturated carbocycles. The Morgan fingerprint density at radius 2 is 1.76 bits per heavy atom. The molecule has 2 rings (SSSR count). The van der Waals surface area contributed by atoms with Crippen LogP contribution in [-0.4, -0.2) is 7.11 Å². The zero-order valence-electron chi connectivity index (χ0n) is 11.4. The third-order valence-electron chi connectivity index (χ3n) is 3.09. The first-order valence-electron chi connectivity index (χ1n) is 6.35. The highest BCUT2D eigenvalue weighted by atomic mass is 19.1. The number of hydrogen-bond acceptors (Lipinski definition) is 3. The van der Waals surface area contributed by atoms with E-state index >= 15 is 0 Å². The number of ether oxygens (including phenoxy) is 1. The third-order valence-corrected chi connectivity index (χ3v) is 3.09. The van der Waals surface area contributed by atoms with Gasteiger partial charge in [-0.05, 0) is 29.8 Å². The fraction of sp³-hybridized carbons (Fsp3) is 0.188. The minimum absolute atomic E-state index is 0.256. The number of benzene rings is 2. The maximum atomic E-state index is 13.7. The summed E-state index contributed by atoms with van der Waals surface area (Å²) in [5, 5.41) is 12.0. The van der Waals surface area contributed by atoms with Crippen LogP contribution in [-0.2, 0) is 6.54 Å². The molecule has 1 atom stereocenters. The van der Waals surface area contributed by atoms with Crippen molar-refractivity contribution >= 4 is 0 Å². The van der Waals surface area contributed by atoms with Gasteiger partial charge in [0.25, 0.3) is 0 Å². The third kappa shape index (κ3) is 3.56. The predicted molar refractivity (Wildman–Crippen MR) is 74.5 cm³/mol. The first kappa shape index (κ1) is 14.9. The van der Waals surface area contributed by atoms with Gasteiger partial charge in [-0.1, -0.05) is 18.2 Å². The van der Waals surface area contributed by atoms with E-state index in [-0.39, 0.29) is 5.56 Å². The van der Waals surface area contributed by atoms with E-state index in [2.05, 4.69) is 5.32 Å². The highest BCUT2D eigenvalue weighted by molar-refractivity contribution is 5.29. The summed E-state index contributed by atoms with van der Waals surface area (Å²) in [6, 6.07) is 11.6. The quantitative estimate of drug-likeness (QED) is 0.918. The number of halogens is 2. The van der Waals surface area contributed by atoms with Crippen molar-refractivity contribution in [2.45, 2.75) is 12.6 Å². The zero-order valence-corrected chi connectivity index (χ0v) is 11.4. The molecular formula is C16H14F2N2O. The second kappa shape index (κ2) is 6.82. The predicted octanol–water partition coefficient (Wildman–Crippen LogP) is 3.33. The molecule has 3 nitrogen and oxygen atoms in total. The van der Waals surface area contributed by atoms with Gasteiger partial charge in [0.05, 0.1) is 18.7 Å². The van der Waals surface area contributed by atoms with Crippen molar-refractivity contribution < 1.29 is 13.5 Å². The second-order valence-electron chi connectivity index (χ2n) is 4.43. The molecule has 0 radical (unpaired) electrons. The van der Waals surface area contributed by atoms with Gasteiger partial charge in [-0.25, -0.2) is 8.78 Å². The Balaban J connectivity index is 2.11. The molecular weight excluding hydrogens is 274 g/mol. The Bertz CT molecular complexity index is 630. The summed E-state index contributed by atoms with van der Waals surface area (Å²) >= 11 is 0. The minimum atomic E-state index is -1.05. The van der Waals surface area contributed by atoms with Gasteiger partial charge < -0.3 is 4.74 Å². The SMILES string of the molecule is COc1ccc(CN[C@@H](C#N)c2c(F)cccc2F)cc1. The van der Waals surface area contributed by atoms with Crippen LogP contribution in [0.15, 0.2) is 42.5 Å². The number of hydrogen-bond donors (Lipinski definition) is 1. The van der Waals surface area contributed by atoms with Gasteiger partial charge in [0.1, 0.15) is 23.4 Å².